The predicted octanol–water partition coefficient (Wildman–Crippen LogP) is 1.07. The molecule has 1 aliphatic heterocycles. The van der Waals surface area contributed by atoms with E-state index in [1.807, 2.05) is 0 Å². The Bertz CT molecular complexity index is 279. The number of nitrogens with one attached hydrogen (secondary N) is 1. The standard InChI is InChI=1S/C12H23N3O2/c1-3-10-9-15(8-6-11(10)14-17)7-4-5-12(16)13-2/h10,17H,3-9H2,1-2H3,(H,13,16). The maximum Gasteiger partial charge on any atom is 0.219 e. The first-order valence-corrected chi connectivity index (χ1v) is 6.35. The van der Waals surface area contributed by atoms with Crippen LogP contribution in [0.5, 0.6) is 0 Å². The number of oxime groups is 1. The lowest BCUT2D eigenvalue weighted by Gasteiger charge is -2.32. The fourth-order valence-corrected chi connectivity index (χ4v) is 2.27. The number of nitrogens with zero attached hydrogens (tertiary/aromatic N) is 2. The van der Waals surface area contributed by atoms with Crippen LogP contribution in [-0.2, 0) is 4.79 Å². The number of hydrogen-bond donors (Lipinski definition) is 2. The van der Waals surface area contributed by atoms with Crippen molar-refractivity contribution in [3.63, 3.8) is 0 Å². The SMILES string of the molecule is CCC1CN(CCCC(=O)NC)CCC1=NO. The zero-order chi connectivity index (χ0) is 12.7. The van der Waals surface area contributed by atoms with Crippen molar-refractivity contribution >= 4 is 11.6 Å². The molecule has 98 valence electrons. The lowest BCUT2D eigenvalue weighted by atomic mass is 9.93. The first-order chi connectivity index (χ1) is 8.21. The van der Waals surface area contributed by atoms with E-state index in [0.717, 1.165) is 44.6 Å². The summed E-state index contributed by atoms with van der Waals surface area (Å²) in [6.07, 6.45) is 3.33. The largest absolute Gasteiger partial charge is 0.411 e. The van der Waals surface area contributed by atoms with Gasteiger partial charge in [0, 0.05) is 38.9 Å². The summed E-state index contributed by atoms with van der Waals surface area (Å²) in [6.45, 7) is 4.94. The molecule has 0 spiro atoms. The average Bonchev–Trinajstić information content (AvgIpc) is 2.38. The normalized spacial score (nSPS) is 23.9. The maximum atomic E-state index is 11.1. The van der Waals surface area contributed by atoms with Crippen LogP contribution in [-0.4, -0.2) is 48.4 Å². The predicted molar refractivity (Wildman–Crippen MR) is 67.4 cm³/mol. The van der Waals surface area contributed by atoms with Crippen LogP contribution in [0.25, 0.3) is 0 Å². The van der Waals surface area contributed by atoms with E-state index in [4.69, 9.17) is 5.21 Å². The Labute approximate surface area is 103 Å². The fraction of sp³-hybridized carbons (Fsp3) is 0.833. The highest BCUT2D eigenvalue weighted by Gasteiger charge is 2.24. The molecule has 0 aromatic carbocycles. The van der Waals surface area contributed by atoms with Crippen molar-refractivity contribution in [3.8, 4) is 0 Å². The van der Waals surface area contributed by atoms with E-state index in [-0.39, 0.29) is 5.91 Å². The number of hydrogen-bond acceptors (Lipinski definition) is 4. The van der Waals surface area contributed by atoms with Crippen molar-refractivity contribution in [2.75, 3.05) is 26.7 Å². The Hall–Kier alpha value is -1.10. The number of carbonyl (C=O) groups excluding carboxylic acids is 1. The van der Waals surface area contributed by atoms with Crippen LogP contribution >= 0.6 is 0 Å². The number of amides is 1. The van der Waals surface area contributed by atoms with Crippen molar-refractivity contribution in [2.45, 2.75) is 32.6 Å². The topological polar surface area (TPSA) is 64.9 Å². The third kappa shape index (κ3) is 4.34. The second-order valence-electron chi connectivity index (χ2n) is 4.52. The molecule has 2 N–H and O–H groups in total. The number of carbonyl (C=O) groups is 1. The first kappa shape index (κ1) is 14.0. The van der Waals surface area contributed by atoms with E-state index in [0.29, 0.717) is 12.3 Å². The molecule has 0 saturated carbocycles. The van der Waals surface area contributed by atoms with Crippen LogP contribution in [0.1, 0.15) is 32.6 Å². The molecule has 1 heterocycles. The molecule has 1 unspecified atom stereocenters. The average molecular weight is 241 g/mol. The highest BCUT2D eigenvalue weighted by atomic mass is 16.4. The number of piperidine rings is 1. The van der Waals surface area contributed by atoms with Gasteiger partial charge in [-0.05, 0) is 19.4 Å². The van der Waals surface area contributed by atoms with Gasteiger partial charge in [-0.2, -0.15) is 0 Å². The van der Waals surface area contributed by atoms with Gasteiger partial charge in [0.25, 0.3) is 0 Å². The molecule has 1 rings (SSSR count). The second kappa shape index (κ2) is 7.27. The quantitative estimate of drug-likeness (QED) is 0.559. The lowest BCUT2D eigenvalue weighted by Crippen LogP contribution is -2.41. The Kier molecular flexibility index (Phi) is 5.97. The Morgan fingerprint density at radius 2 is 2.41 bits per heavy atom. The van der Waals surface area contributed by atoms with Gasteiger partial charge in [0.15, 0.2) is 0 Å². The molecule has 0 radical (unpaired) electrons. The van der Waals surface area contributed by atoms with Crippen LogP contribution in [0.3, 0.4) is 0 Å². The van der Waals surface area contributed by atoms with E-state index in [1.165, 1.54) is 0 Å². The molecule has 1 aliphatic rings. The molecule has 17 heavy (non-hydrogen) atoms. The third-order valence-corrected chi connectivity index (χ3v) is 3.41. The molecule has 1 amide bonds. The summed E-state index contributed by atoms with van der Waals surface area (Å²) >= 11 is 0. The molecule has 5 heteroatoms. The molecule has 1 fully saturated rings. The summed E-state index contributed by atoms with van der Waals surface area (Å²) in [4.78, 5) is 13.4. The molecule has 5 nitrogen and oxygen atoms in total. The molecule has 0 bridgehead atoms. The van der Waals surface area contributed by atoms with Crippen LogP contribution in [0.4, 0.5) is 0 Å². The Morgan fingerprint density at radius 1 is 1.65 bits per heavy atom. The monoisotopic (exact) mass is 241 g/mol. The van der Waals surface area contributed by atoms with Crippen molar-refractivity contribution in [1.82, 2.24) is 10.2 Å². The highest BCUT2D eigenvalue weighted by Crippen LogP contribution is 2.17. The van der Waals surface area contributed by atoms with E-state index in [2.05, 4.69) is 22.3 Å². The van der Waals surface area contributed by atoms with Crippen molar-refractivity contribution < 1.29 is 10.0 Å². The van der Waals surface area contributed by atoms with Crippen LogP contribution in [0, 0.1) is 5.92 Å². The molecular formula is C12H23N3O2. The molecule has 0 aromatic heterocycles. The van der Waals surface area contributed by atoms with Crippen LogP contribution in [0.2, 0.25) is 0 Å². The molecular weight excluding hydrogens is 218 g/mol. The number of rotatable bonds is 5. The van der Waals surface area contributed by atoms with Gasteiger partial charge in [0.05, 0.1) is 5.71 Å². The summed E-state index contributed by atoms with van der Waals surface area (Å²) < 4.78 is 0. The molecule has 1 atom stereocenters. The number of likely N-dealkylation sites (tertiary alicyclic amines) is 1. The van der Waals surface area contributed by atoms with Gasteiger partial charge in [-0.3, -0.25) is 4.79 Å². The van der Waals surface area contributed by atoms with Gasteiger partial charge in [0.2, 0.25) is 5.91 Å². The van der Waals surface area contributed by atoms with E-state index >= 15 is 0 Å². The third-order valence-electron chi connectivity index (χ3n) is 3.41. The Morgan fingerprint density at radius 3 is 3.00 bits per heavy atom. The van der Waals surface area contributed by atoms with Gasteiger partial charge < -0.3 is 15.4 Å². The van der Waals surface area contributed by atoms with Gasteiger partial charge in [0.1, 0.15) is 0 Å². The van der Waals surface area contributed by atoms with E-state index in [1.54, 1.807) is 7.05 Å². The summed E-state index contributed by atoms with van der Waals surface area (Å²) in [5, 5.41) is 14.9. The minimum atomic E-state index is 0.103. The van der Waals surface area contributed by atoms with Gasteiger partial charge in [-0.25, -0.2) is 0 Å². The smallest absolute Gasteiger partial charge is 0.219 e. The van der Waals surface area contributed by atoms with Gasteiger partial charge >= 0.3 is 0 Å². The van der Waals surface area contributed by atoms with Crippen molar-refractivity contribution in [2.24, 2.45) is 11.1 Å². The fourth-order valence-electron chi connectivity index (χ4n) is 2.27. The summed E-state index contributed by atoms with van der Waals surface area (Å²) in [5.41, 5.74) is 0.926. The zero-order valence-corrected chi connectivity index (χ0v) is 10.8. The van der Waals surface area contributed by atoms with Gasteiger partial charge in [-0.15, -0.1) is 0 Å². The van der Waals surface area contributed by atoms with E-state index in [9.17, 15) is 4.79 Å². The summed E-state index contributed by atoms with van der Waals surface area (Å²) in [6, 6.07) is 0. The minimum absolute atomic E-state index is 0.103. The van der Waals surface area contributed by atoms with Gasteiger partial charge in [-0.1, -0.05) is 12.1 Å². The Balaban J connectivity index is 2.30. The lowest BCUT2D eigenvalue weighted by molar-refractivity contribution is -0.120. The highest BCUT2D eigenvalue weighted by molar-refractivity contribution is 5.87. The summed E-state index contributed by atoms with van der Waals surface area (Å²) in [5.74, 6) is 0.473. The second-order valence-corrected chi connectivity index (χ2v) is 4.52. The van der Waals surface area contributed by atoms with E-state index < -0.39 is 0 Å². The van der Waals surface area contributed by atoms with Crippen molar-refractivity contribution in [1.29, 1.82) is 0 Å². The van der Waals surface area contributed by atoms with Crippen LogP contribution in [0.15, 0.2) is 5.16 Å². The molecule has 0 aliphatic carbocycles. The molecule has 1 saturated heterocycles. The molecule has 0 aromatic rings. The van der Waals surface area contributed by atoms with Crippen molar-refractivity contribution in [3.05, 3.63) is 0 Å². The summed E-state index contributed by atoms with van der Waals surface area (Å²) in [7, 11) is 1.67. The zero-order valence-electron chi connectivity index (χ0n) is 10.8. The maximum absolute atomic E-state index is 11.1. The van der Waals surface area contributed by atoms with Crippen LogP contribution < -0.4 is 5.32 Å². The minimum Gasteiger partial charge on any atom is -0.411 e. The first-order valence-electron chi connectivity index (χ1n) is 6.35.